The van der Waals surface area contributed by atoms with Crippen LogP contribution in [0.2, 0.25) is 0 Å². The van der Waals surface area contributed by atoms with Gasteiger partial charge in [0.05, 0.1) is 17.9 Å². The van der Waals surface area contributed by atoms with Crippen LogP contribution < -0.4 is 16.0 Å². The second-order valence-corrected chi connectivity index (χ2v) is 9.08. The van der Waals surface area contributed by atoms with E-state index in [-0.39, 0.29) is 17.6 Å². The van der Waals surface area contributed by atoms with Crippen LogP contribution >= 0.6 is 11.8 Å². The van der Waals surface area contributed by atoms with E-state index in [0.717, 1.165) is 41.4 Å². The van der Waals surface area contributed by atoms with Gasteiger partial charge < -0.3 is 21.1 Å². The summed E-state index contributed by atoms with van der Waals surface area (Å²) in [5, 5.41) is 18.7. The minimum absolute atomic E-state index is 0.0593. The van der Waals surface area contributed by atoms with Crippen molar-refractivity contribution >= 4 is 35.0 Å². The van der Waals surface area contributed by atoms with Crippen LogP contribution in [0.3, 0.4) is 0 Å². The fraction of sp³-hybridized carbons (Fsp3) is 0.192. The Morgan fingerprint density at radius 2 is 2.00 bits per heavy atom. The molecule has 1 amide bonds. The first-order chi connectivity index (χ1) is 16.6. The van der Waals surface area contributed by atoms with E-state index in [1.165, 1.54) is 11.8 Å². The van der Waals surface area contributed by atoms with Gasteiger partial charge in [0, 0.05) is 40.3 Å². The van der Waals surface area contributed by atoms with Gasteiger partial charge in [-0.25, -0.2) is 0 Å². The number of benzene rings is 2. The number of hydrogen-bond donors (Lipinski definition) is 4. The third-order valence-electron chi connectivity index (χ3n) is 5.27. The number of para-hydroxylation sites is 1. The summed E-state index contributed by atoms with van der Waals surface area (Å²) >= 11 is 1.40. The number of aliphatic carboxylic acids is 1. The summed E-state index contributed by atoms with van der Waals surface area (Å²) in [6, 6.07) is 18.4. The van der Waals surface area contributed by atoms with Crippen LogP contribution in [-0.2, 0) is 4.79 Å². The molecule has 0 radical (unpaired) electrons. The number of carbonyl (C=O) groups is 2. The average molecular weight is 475 g/mol. The largest absolute Gasteiger partial charge is 0.481 e. The Kier molecular flexibility index (Phi) is 7.83. The topological polar surface area (TPSA) is 103 Å². The monoisotopic (exact) mass is 474 g/mol. The number of amides is 1. The quantitative estimate of drug-likeness (QED) is 0.313. The molecule has 4 rings (SSSR count). The maximum Gasteiger partial charge on any atom is 0.304 e. The van der Waals surface area contributed by atoms with Crippen molar-refractivity contribution in [3.63, 3.8) is 0 Å². The number of nitrogens with zero attached hydrogens (tertiary/aromatic N) is 1. The van der Waals surface area contributed by atoms with Gasteiger partial charge in [0.1, 0.15) is 0 Å². The predicted molar refractivity (Wildman–Crippen MR) is 135 cm³/mol. The molecule has 1 unspecified atom stereocenters. The van der Waals surface area contributed by atoms with E-state index in [9.17, 15) is 14.7 Å². The van der Waals surface area contributed by atoms with Crippen molar-refractivity contribution in [1.29, 1.82) is 0 Å². The Hall–Kier alpha value is -3.78. The van der Waals surface area contributed by atoms with Crippen molar-refractivity contribution in [2.75, 3.05) is 17.2 Å². The molecule has 1 atom stereocenters. The second kappa shape index (κ2) is 11.4. The summed E-state index contributed by atoms with van der Waals surface area (Å²) in [7, 11) is 0. The van der Waals surface area contributed by atoms with Crippen molar-refractivity contribution in [3.05, 3.63) is 96.1 Å². The molecule has 0 saturated heterocycles. The second-order valence-electron chi connectivity index (χ2n) is 7.83. The molecule has 174 valence electrons. The molecule has 4 N–H and O–H groups in total. The molecule has 0 spiro atoms. The van der Waals surface area contributed by atoms with Crippen LogP contribution in [0.1, 0.15) is 40.4 Å². The summed E-state index contributed by atoms with van der Waals surface area (Å²) in [5.74, 6) is -0.182. The first-order valence-corrected chi connectivity index (χ1v) is 12.0. The molecule has 0 bridgehead atoms. The van der Waals surface area contributed by atoms with Crippen molar-refractivity contribution < 1.29 is 14.7 Å². The third-order valence-corrected chi connectivity index (χ3v) is 6.60. The summed E-state index contributed by atoms with van der Waals surface area (Å²) in [5.41, 5.74) is 2.80. The van der Waals surface area contributed by atoms with Gasteiger partial charge in [-0.05, 0) is 60.9 Å². The maximum absolute atomic E-state index is 13.1. The van der Waals surface area contributed by atoms with Gasteiger partial charge in [-0.3, -0.25) is 14.6 Å². The number of pyridine rings is 1. The lowest BCUT2D eigenvalue weighted by molar-refractivity contribution is -0.137. The molecule has 0 fully saturated rings. The number of thioether (sulfide) groups is 1. The lowest BCUT2D eigenvalue weighted by atomic mass is 10.1. The van der Waals surface area contributed by atoms with E-state index in [1.54, 1.807) is 24.5 Å². The molecule has 2 aromatic carbocycles. The normalized spacial score (nSPS) is 13.8. The van der Waals surface area contributed by atoms with Crippen LogP contribution in [0.25, 0.3) is 0 Å². The van der Waals surface area contributed by atoms with E-state index >= 15 is 0 Å². The van der Waals surface area contributed by atoms with E-state index in [1.807, 2.05) is 48.5 Å². The molecule has 1 aromatic heterocycles. The SMILES string of the molecule is O=C(O)CC(Sc1ccccc1NC(=O)c1cccc(NC2=CCCCN2)c1)c1cccnc1. The molecule has 2 heterocycles. The van der Waals surface area contributed by atoms with Gasteiger partial charge in [0.25, 0.3) is 5.91 Å². The van der Waals surface area contributed by atoms with Gasteiger partial charge in [0.2, 0.25) is 0 Å². The highest BCUT2D eigenvalue weighted by Gasteiger charge is 2.20. The van der Waals surface area contributed by atoms with Gasteiger partial charge in [-0.15, -0.1) is 11.8 Å². The molecule has 1 aliphatic rings. The smallest absolute Gasteiger partial charge is 0.304 e. The van der Waals surface area contributed by atoms with Crippen molar-refractivity contribution in [2.24, 2.45) is 0 Å². The molecule has 8 heteroatoms. The molecule has 34 heavy (non-hydrogen) atoms. The Morgan fingerprint density at radius 3 is 2.76 bits per heavy atom. The summed E-state index contributed by atoms with van der Waals surface area (Å²) < 4.78 is 0. The lowest BCUT2D eigenvalue weighted by Gasteiger charge is -2.18. The van der Waals surface area contributed by atoms with Crippen LogP contribution in [0.15, 0.2) is 89.8 Å². The highest BCUT2D eigenvalue weighted by molar-refractivity contribution is 7.99. The van der Waals surface area contributed by atoms with E-state index in [0.29, 0.717) is 11.3 Å². The van der Waals surface area contributed by atoms with Crippen molar-refractivity contribution in [3.8, 4) is 0 Å². The van der Waals surface area contributed by atoms with E-state index < -0.39 is 5.97 Å². The lowest BCUT2D eigenvalue weighted by Crippen LogP contribution is -2.24. The third kappa shape index (κ3) is 6.39. The Morgan fingerprint density at radius 1 is 1.12 bits per heavy atom. The summed E-state index contributed by atoms with van der Waals surface area (Å²) in [4.78, 5) is 29.5. The fourth-order valence-corrected chi connectivity index (χ4v) is 4.82. The average Bonchev–Trinajstić information content (AvgIpc) is 2.86. The number of nitrogens with one attached hydrogen (secondary N) is 3. The highest BCUT2D eigenvalue weighted by atomic mass is 32.2. The van der Waals surface area contributed by atoms with Crippen molar-refractivity contribution in [2.45, 2.75) is 29.4 Å². The standard InChI is InChI=1S/C26H26N4O3S/c31-25(32)16-23(19-8-6-13-27-17-19)34-22-11-2-1-10-21(22)30-26(33)18-7-5-9-20(15-18)29-24-12-3-4-14-28-24/h1-2,5-13,15,17,23,28-29H,3-4,14,16H2,(H,30,33)(H,31,32). The van der Waals surface area contributed by atoms with Gasteiger partial charge in [0.15, 0.2) is 0 Å². The van der Waals surface area contributed by atoms with E-state index in [2.05, 4.69) is 27.0 Å². The predicted octanol–water partition coefficient (Wildman–Crippen LogP) is 5.28. The highest BCUT2D eigenvalue weighted by Crippen LogP contribution is 2.41. The maximum atomic E-state index is 13.1. The zero-order chi connectivity index (χ0) is 23.8. The van der Waals surface area contributed by atoms with E-state index in [4.69, 9.17) is 0 Å². The zero-order valence-electron chi connectivity index (χ0n) is 18.5. The van der Waals surface area contributed by atoms with Crippen LogP contribution in [0.4, 0.5) is 11.4 Å². The Balaban J connectivity index is 1.50. The minimum atomic E-state index is -0.894. The minimum Gasteiger partial charge on any atom is -0.481 e. The van der Waals surface area contributed by atoms with Gasteiger partial charge in [-0.1, -0.05) is 24.3 Å². The molecular weight excluding hydrogens is 448 g/mol. The molecule has 0 saturated carbocycles. The number of carboxylic acids is 1. The van der Waals surface area contributed by atoms with Crippen LogP contribution in [-0.4, -0.2) is 28.5 Å². The van der Waals surface area contributed by atoms with Crippen LogP contribution in [0.5, 0.6) is 0 Å². The number of carbonyl (C=O) groups excluding carboxylic acids is 1. The Bertz CT molecular complexity index is 1180. The number of allylic oxidation sites excluding steroid dienone is 1. The molecule has 3 aromatic rings. The Labute approximate surface area is 202 Å². The fourth-order valence-electron chi connectivity index (χ4n) is 3.61. The number of aromatic nitrogens is 1. The summed E-state index contributed by atoms with van der Waals surface area (Å²) in [6.07, 6.45) is 7.52. The number of hydrogen-bond acceptors (Lipinski definition) is 6. The molecular formula is C26H26N4O3S. The van der Waals surface area contributed by atoms with Gasteiger partial charge in [-0.2, -0.15) is 0 Å². The first kappa shape index (κ1) is 23.4. The summed E-state index contributed by atoms with van der Waals surface area (Å²) in [6.45, 7) is 0.926. The first-order valence-electron chi connectivity index (χ1n) is 11.1. The zero-order valence-corrected chi connectivity index (χ0v) is 19.3. The van der Waals surface area contributed by atoms with Crippen molar-refractivity contribution in [1.82, 2.24) is 10.3 Å². The van der Waals surface area contributed by atoms with Crippen LogP contribution in [0, 0.1) is 0 Å². The molecule has 1 aliphatic heterocycles. The molecule has 7 nitrogen and oxygen atoms in total. The number of carboxylic acid groups (broad SMARTS) is 1. The molecule has 0 aliphatic carbocycles. The van der Waals surface area contributed by atoms with Gasteiger partial charge >= 0.3 is 5.97 Å². The number of rotatable bonds is 9. The number of anilines is 2.